The van der Waals surface area contributed by atoms with E-state index in [0.29, 0.717) is 5.56 Å². The summed E-state index contributed by atoms with van der Waals surface area (Å²) >= 11 is 0. The lowest BCUT2D eigenvalue weighted by molar-refractivity contribution is -0.143. The molecule has 0 aliphatic heterocycles. The largest absolute Gasteiger partial charge is 0.480 e. The van der Waals surface area contributed by atoms with Gasteiger partial charge in [0.05, 0.1) is 13.1 Å². The van der Waals surface area contributed by atoms with Crippen molar-refractivity contribution in [3.8, 4) is 0 Å². The molecule has 1 unspecified atom stereocenters. The molecule has 1 atom stereocenters. The molecule has 138 valence electrons. The Morgan fingerprint density at radius 2 is 1.48 bits per heavy atom. The van der Waals surface area contributed by atoms with Gasteiger partial charge in [0.15, 0.2) is 0 Å². The number of carboxylic acids is 2. The third-order valence-corrected chi connectivity index (χ3v) is 4.01. The van der Waals surface area contributed by atoms with E-state index in [1.165, 1.54) is 0 Å². The molecule has 4 N–H and O–H groups in total. The van der Waals surface area contributed by atoms with Crippen molar-refractivity contribution in [2.45, 2.75) is 45.6 Å². The van der Waals surface area contributed by atoms with Crippen LogP contribution in [0.25, 0.3) is 0 Å². The van der Waals surface area contributed by atoms with Gasteiger partial charge in [0.1, 0.15) is 6.04 Å². The highest BCUT2D eigenvalue weighted by Crippen LogP contribution is 2.31. The number of hydrogen-bond acceptors (Lipinski definition) is 4. The van der Waals surface area contributed by atoms with Gasteiger partial charge >= 0.3 is 11.9 Å². The maximum Gasteiger partial charge on any atom is 0.317 e. The van der Waals surface area contributed by atoms with E-state index >= 15 is 0 Å². The molecule has 7 nitrogen and oxygen atoms in total. The van der Waals surface area contributed by atoms with Crippen LogP contribution in [0.3, 0.4) is 0 Å². The minimum atomic E-state index is -1.22. The van der Waals surface area contributed by atoms with Crippen LogP contribution in [0.1, 0.15) is 62.3 Å². The third kappa shape index (κ3) is 5.56. The number of hydrogen-bond donors (Lipinski definition) is 3. The second-order valence-corrected chi connectivity index (χ2v) is 6.70. The Bertz CT molecular complexity index is 639. The van der Waals surface area contributed by atoms with Crippen molar-refractivity contribution in [2.24, 2.45) is 5.73 Å². The standard InChI is InChI=1S/C18H26N2O5/c1-10(2)12-5-6-13(11(3)4)14(7-12)17(18(19)25)20(8-15(21)22)9-16(23)24/h5-7,10-11,17H,8-9H2,1-4H3,(H2,19,25)(H,21,22)(H,23,24). The topological polar surface area (TPSA) is 121 Å². The highest BCUT2D eigenvalue weighted by Gasteiger charge is 2.31. The van der Waals surface area contributed by atoms with Crippen LogP contribution in [0, 0.1) is 0 Å². The molecule has 0 heterocycles. The Hall–Kier alpha value is -2.41. The van der Waals surface area contributed by atoms with Gasteiger partial charge in [0.25, 0.3) is 0 Å². The Kier molecular flexibility index (Phi) is 7.11. The average Bonchev–Trinajstić information content (AvgIpc) is 2.45. The fourth-order valence-corrected chi connectivity index (χ4v) is 2.83. The molecule has 1 aromatic carbocycles. The highest BCUT2D eigenvalue weighted by atomic mass is 16.4. The van der Waals surface area contributed by atoms with Gasteiger partial charge < -0.3 is 15.9 Å². The molecule has 0 saturated carbocycles. The summed E-state index contributed by atoms with van der Waals surface area (Å²) in [6.45, 7) is 6.71. The molecule has 0 bridgehead atoms. The quantitative estimate of drug-likeness (QED) is 0.626. The molecule has 0 radical (unpaired) electrons. The molecule has 7 heteroatoms. The van der Waals surface area contributed by atoms with Crippen LogP contribution >= 0.6 is 0 Å². The van der Waals surface area contributed by atoms with E-state index in [2.05, 4.69) is 0 Å². The lowest BCUT2D eigenvalue weighted by atomic mass is 9.88. The van der Waals surface area contributed by atoms with E-state index in [1.54, 1.807) is 0 Å². The van der Waals surface area contributed by atoms with Crippen LogP contribution in [0.15, 0.2) is 18.2 Å². The highest BCUT2D eigenvalue weighted by molar-refractivity contribution is 5.84. The lowest BCUT2D eigenvalue weighted by Gasteiger charge is -2.30. The number of nitrogens with two attached hydrogens (primary N) is 1. The Balaban J connectivity index is 3.54. The number of amides is 1. The number of rotatable bonds is 9. The zero-order valence-corrected chi connectivity index (χ0v) is 15.0. The van der Waals surface area contributed by atoms with Crippen LogP contribution in [0.4, 0.5) is 0 Å². The third-order valence-electron chi connectivity index (χ3n) is 4.01. The average molecular weight is 350 g/mol. The lowest BCUT2D eigenvalue weighted by Crippen LogP contribution is -2.43. The van der Waals surface area contributed by atoms with Crippen molar-refractivity contribution in [2.75, 3.05) is 13.1 Å². The van der Waals surface area contributed by atoms with Gasteiger partial charge in [0, 0.05) is 0 Å². The molecule has 0 fully saturated rings. The van der Waals surface area contributed by atoms with Crippen LogP contribution in [-0.2, 0) is 14.4 Å². The maximum atomic E-state index is 12.2. The van der Waals surface area contributed by atoms with Crippen LogP contribution < -0.4 is 5.73 Å². The predicted molar refractivity (Wildman–Crippen MR) is 93.4 cm³/mol. The molecule has 1 rings (SSSR count). The van der Waals surface area contributed by atoms with Crippen molar-refractivity contribution < 1.29 is 24.6 Å². The van der Waals surface area contributed by atoms with Gasteiger partial charge in [-0.05, 0) is 28.5 Å². The number of carboxylic acid groups (broad SMARTS) is 2. The van der Waals surface area contributed by atoms with E-state index in [9.17, 15) is 14.4 Å². The summed E-state index contributed by atoms with van der Waals surface area (Å²) in [7, 11) is 0. The second-order valence-electron chi connectivity index (χ2n) is 6.70. The minimum Gasteiger partial charge on any atom is -0.480 e. The van der Waals surface area contributed by atoms with Gasteiger partial charge in [-0.1, -0.05) is 45.9 Å². The predicted octanol–water partition coefficient (Wildman–Crippen LogP) is 1.93. The summed E-state index contributed by atoms with van der Waals surface area (Å²) in [6, 6.07) is 4.56. The molecule has 0 saturated heterocycles. The summed E-state index contributed by atoms with van der Waals surface area (Å²) in [5.41, 5.74) is 7.93. The van der Waals surface area contributed by atoms with Gasteiger partial charge in [-0.2, -0.15) is 0 Å². The molecule has 0 spiro atoms. The normalized spacial score (nSPS) is 12.6. The van der Waals surface area contributed by atoms with E-state index in [-0.39, 0.29) is 11.8 Å². The first-order valence-corrected chi connectivity index (χ1v) is 8.15. The summed E-state index contributed by atoms with van der Waals surface area (Å²) in [5, 5.41) is 18.2. The first-order valence-electron chi connectivity index (χ1n) is 8.15. The first-order chi connectivity index (χ1) is 11.5. The van der Waals surface area contributed by atoms with E-state index in [0.717, 1.165) is 16.0 Å². The summed E-state index contributed by atoms with van der Waals surface area (Å²) in [4.78, 5) is 35.6. The molecule has 1 amide bonds. The monoisotopic (exact) mass is 350 g/mol. The number of aliphatic carboxylic acids is 2. The van der Waals surface area contributed by atoms with E-state index < -0.39 is 37.0 Å². The maximum absolute atomic E-state index is 12.2. The minimum absolute atomic E-state index is 0.0644. The zero-order chi connectivity index (χ0) is 19.3. The first kappa shape index (κ1) is 20.6. The second kappa shape index (κ2) is 8.62. The smallest absolute Gasteiger partial charge is 0.317 e. The van der Waals surface area contributed by atoms with Crippen molar-refractivity contribution >= 4 is 17.8 Å². The Labute approximate surface area is 147 Å². The summed E-state index contributed by atoms with van der Waals surface area (Å²) in [5.74, 6) is -2.96. The summed E-state index contributed by atoms with van der Waals surface area (Å²) in [6.07, 6.45) is 0. The van der Waals surface area contributed by atoms with Gasteiger partial charge in [-0.15, -0.1) is 0 Å². The van der Waals surface area contributed by atoms with Crippen molar-refractivity contribution in [1.82, 2.24) is 4.90 Å². The molecular weight excluding hydrogens is 324 g/mol. The van der Waals surface area contributed by atoms with Gasteiger partial charge in [-0.25, -0.2) is 0 Å². The fourth-order valence-electron chi connectivity index (χ4n) is 2.83. The van der Waals surface area contributed by atoms with Crippen molar-refractivity contribution in [3.05, 3.63) is 34.9 Å². The Morgan fingerprint density at radius 1 is 0.960 bits per heavy atom. The molecule has 0 aromatic heterocycles. The van der Waals surface area contributed by atoms with Crippen molar-refractivity contribution in [3.63, 3.8) is 0 Å². The van der Waals surface area contributed by atoms with Crippen LogP contribution in [0.2, 0.25) is 0 Å². The molecular formula is C18H26N2O5. The van der Waals surface area contributed by atoms with Crippen LogP contribution in [-0.4, -0.2) is 46.0 Å². The number of benzene rings is 1. The number of carbonyl (C=O) groups excluding carboxylic acids is 1. The SMILES string of the molecule is CC(C)c1ccc(C(C)C)c(C(C(N)=O)N(CC(=O)O)CC(=O)O)c1. The zero-order valence-electron chi connectivity index (χ0n) is 15.0. The fraction of sp³-hybridized carbons (Fsp3) is 0.500. The molecule has 0 aliphatic rings. The molecule has 25 heavy (non-hydrogen) atoms. The molecule has 1 aromatic rings. The summed E-state index contributed by atoms with van der Waals surface area (Å²) < 4.78 is 0. The number of primary amides is 1. The van der Waals surface area contributed by atoms with Crippen molar-refractivity contribution in [1.29, 1.82) is 0 Å². The molecule has 0 aliphatic carbocycles. The van der Waals surface area contributed by atoms with E-state index in [1.807, 2.05) is 45.9 Å². The number of nitrogens with zero attached hydrogens (tertiary/aromatic N) is 1. The van der Waals surface area contributed by atoms with Gasteiger partial charge in [0.2, 0.25) is 5.91 Å². The van der Waals surface area contributed by atoms with Gasteiger partial charge in [-0.3, -0.25) is 19.3 Å². The Morgan fingerprint density at radius 3 is 1.84 bits per heavy atom. The number of carbonyl (C=O) groups is 3. The van der Waals surface area contributed by atoms with Crippen LogP contribution in [0.5, 0.6) is 0 Å². The van der Waals surface area contributed by atoms with E-state index in [4.69, 9.17) is 15.9 Å².